The Morgan fingerprint density at radius 1 is 1.19 bits per heavy atom. The zero-order valence-electron chi connectivity index (χ0n) is 13.0. The summed E-state index contributed by atoms with van der Waals surface area (Å²) in [5, 5.41) is 0. The van der Waals surface area contributed by atoms with E-state index in [1.165, 1.54) is 12.1 Å². The third-order valence-corrected chi connectivity index (χ3v) is 5.00. The number of halogens is 2. The van der Waals surface area contributed by atoms with Gasteiger partial charge in [0.25, 0.3) is 0 Å². The highest BCUT2D eigenvalue weighted by Gasteiger charge is 2.43. The number of likely N-dealkylation sites (N-methyl/N-ethyl adjacent to an activating group) is 1. The molecule has 1 atom stereocenters. The average Bonchev–Trinajstić information content (AvgIpc) is 2.95. The summed E-state index contributed by atoms with van der Waals surface area (Å²) in [4.78, 5) is 2.40. The Morgan fingerprint density at radius 3 is 2.38 bits per heavy atom. The van der Waals surface area contributed by atoms with E-state index in [0.717, 1.165) is 44.8 Å². The minimum absolute atomic E-state index is 0.0672. The zero-order chi connectivity index (χ0) is 15.5. The van der Waals surface area contributed by atoms with Crippen LogP contribution in [-0.4, -0.2) is 29.6 Å². The Balaban J connectivity index is 2.23. The minimum Gasteiger partial charge on any atom is -0.326 e. The van der Waals surface area contributed by atoms with Crippen molar-refractivity contribution in [3.63, 3.8) is 0 Å². The quantitative estimate of drug-likeness (QED) is 0.870. The van der Waals surface area contributed by atoms with Crippen LogP contribution in [0.1, 0.15) is 45.1 Å². The fourth-order valence-corrected chi connectivity index (χ4v) is 3.89. The first-order chi connectivity index (χ1) is 10.0. The molecule has 1 aliphatic rings. The second-order valence-corrected chi connectivity index (χ2v) is 6.03. The average molecular weight is 296 g/mol. The highest BCUT2D eigenvalue weighted by atomic mass is 19.1. The van der Waals surface area contributed by atoms with Crippen molar-refractivity contribution in [1.29, 1.82) is 0 Å². The molecule has 2 N–H and O–H groups in total. The molecule has 1 unspecified atom stereocenters. The lowest BCUT2D eigenvalue weighted by molar-refractivity contribution is 0.0769. The molecule has 4 heteroatoms. The molecule has 0 aromatic heterocycles. The molecule has 0 heterocycles. The number of hydrogen-bond donors (Lipinski definition) is 1. The summed E-state index contributed by atoms with van der Waals surface area (Å²) < 4.78 is 27.2. The van der Waals surface area contributed by atoms with Gasteiger partial charge in [-0.2, -0.15) is 0 Å². The number of hydrogen-bond acceptors (Lipinski definition) is 2. The summed E-state index contributed by atoms with van der Waals surface area (Å²) in [5.74, 6) is -0.763. The summed E-state index contributed by atoms with van der Waals surface area (Å²) in [5.41, 5.74) is 6.81. The standard InChI is InChI=1S/C17H26F2N2/c1-3-21(4-2)17(9-5-6-10-17)16(20)12-13-11-14(18)7-8-15(13)19/h7-8,11,16H,3-6,9-10,12,20H2,1-2H3. The highest BCUT2D eigenvalue weighted by Crippen LogP contribution is 2.38. The topological polar surface area (TPSA) is 29.3 Å². The summed E-state index contributed by atoms with van der Waals surface area (Å²) in [7, 11) is 0. The van der Waals surface area contributed by atoms with Crippen molar-refractivity contribution >= 4 is 0 Å². The third-order valence-electron chi connectivity index (χ3n) is 5.00. The Labute approximate surface area is 126 Å². The Kier molecular flexibility index (Phi) is 5.33. The first-order valence-electron chi connectivity index (χ1n) is 7.98. The van der Waals surface area contributed by atoms with Crippen molar-refractivity contribution in [2.75, 3.05) is 13.1 Å². The molecule has 1 aliphatic carbocycles. The normalized spacial score (nSPS) is 19.1. The van der Waals surface area contributed by atoms with Crippen LogP contribution in [0.4, 0.5) is 8.78 Å². The molecule has 0 spiro atoms. The lowest BCUT2D eigenvalue weighted by Gasteiger charge is -2.45. The molecule has 1 aromatic rings. The van der Waals surface area contributed by atoms with E-state index in [9.17, 15) is 8.78 Å². The SMILES string of the molecule is CCN(CC)C1(C(N)Cc2cc(F)ccc2F)CCCC1. The van der Waals surface area contributed by atoms with Gasteiger partial charge < -0.3 is 5.73 Å². The van der Waals surface area contributed by atoms with Crippen LogP contribution in [0.2, 0.25) is 0 Å². The Bertz CT molecular complexity index is 466. The molecule has 1 aromatic carbocycles. The molecule has 2 nitrogen and oxygen atoms in total. The Hall–Kier alpha value is -1.00. The smallest absolute Gasteiger partial charge is 0.126 e. The fourth-order valence-electron chi connectivity index (χ4n) is 3.89. The van der Waals surface area contributed by atoms with Crippen LogP contribution in [-0.2, 0) is 6.42 Å². The molecule has 1 saturated carbocycles. The van der Waals surface area contributed by atoms with Crippen molar-refractivity contribution < 1.29 is 8.78 Å². The number of rotatable bonds is 6. The number of nitrogens with zero attached hydrogens (tertiary/aromatic N) is 1. The summed E-state index contributed by atoms with van der Waals surface area (Å²) >= 11 is 0. The molecule has 0 bridgehead atoms. The van der Waals surface area contributed by atoms with E-state index in [0.29, 0.717) is 12.0 Å². The molecule has 1 fully saturated rings. The Morgan fingerprint density at radius 2 is 1.81 bits per heavy atom. The van der Waals surface area contributed by atoms with Crippen molar-refractivity contribution in [2.45, 2.75) is 57.5 Å². The molecule has 0 radical (unpaired) electrons. The molecule has 0 saturated heterocycles. The van der Waals surface area contributed by atoms with Crippen LogP contribution in [0.3, 0.4) is 0 Å². The van der Waals surface area contributed by atoms with Gasteiger partial charge in [0, 0.05) is 11.6 Å². The molecule has 21 heavy (non-hydrogen) atoms. The lowest BCUT2D eigenvalue weighted by Crippen LogP contribution is -2.59. The molecule has 0 amide bonds. The van der Waals surface area contributed by atoms with Crippen LogP contribution < -0.4 is 5.73 Å². The van der Waals surface area contributed by atoms with Gasteiger partial charge in [-0.1, -0.05) is 26.7 Å². The number of nitrogens with two attached hydrogens (primary N) is 1. The maximum Gasteiger partial charge on any atom is 0.126 e. The van der Waals surface area contributed by atoms with E-state index >= 15 is 0 Å². The van der Waals surface area contributed by atoms with E-state index in [-0.39, 0.29) is 17.4 Å². The second kappa shape index (κ2) is 6.84. The maximum atomic E-state index is 13.9. The van der Waals surface area contributed by atoms with E-state index < -0.39 is 5.82 Å². The molecular weight excluding hydrogens is 270 g/mol. The van der Waals surface area contributed by atoms with Crippen LogP contribution in [0.5, 0.6) is 0 Å². The van der Waals surface area contributed by atoms with Crippen LogP contribution in [0.25, 0.3) is 0 Å². The third kappa shape index (κ3) is 3.27. The molecular formula is C17H26F2N2. The maximum absolute atomic E-state index is 13.9. The molecule has 2 rings (SSSR count). The van der Waals surface area contributed by atoms with Crippen LogP contribution in [0.15, 0.2) is 18.2 Å². The van der Waals surface area contributed by atoms with Gasteiger partial charge in [-0.05, 0) is 56.1 Å². The predicted octanol–water partition coefficient (Wildman–Crippen LogP) is 3.49. The van der Waals surface area contributed by atoms with E-state index in [1.807, 2.05) is 0 Å². The van der Waals surface area contributed by atoms with Gasteiger partial charge in [-0.15, -0.1) is 0 Å². The first kappa shape index (κ1) is 16.4. The first-order valence-corrected chi connectivity index (χ1v) is 7.98. The largest absolute Gasteiger partial charge is 0.326 e. The van der Waals surface area contributed by atoms with Crippen molar-refractivity contribution in [2.24, 2.45) is 5.73 Å². The molecule has 0 aliphatic heterocycles. The minimum atomic E-state index is -0.401. The molecule has 118 valence electrons. The van der Waals surface area contributed by atoms with Gasteiger partial charge in [-0.25, -0.2) is 8.78 Å². The van der Waals surface area contributed by atoms with Crippen LogP contribution in [0, 0.1) is 11.6 Å². The van der Waals surface area contributed by atoms with Crippen molar-refractivity contribution in [3.05, 3.63) is 35.4 Å². The monoisotopic (exact) mass is 296 g/mol. The van der Waals surface area contributed by atoms with Gasteiger partial charge >= 0.3 is 0 Å². The van der Waals surface area contributed by atoms with Gasteiger partial charge in [0.2, 0.25) is 0 Å². The van der Waals surface area contributed by atoms with Crippen molar-refractivity contribution in [3.8, 4) is 0 Å². The van der Waals surface area contributed by atoms with Gasteiger partial charge in [0.05, 0.1) is 0 Å². The van der Waals surface area contributed by atoms with E-state index in [2.05, 4.69) is 18.7 Å². The van der Waals surface area contributed by atoms with Crippen LogP contribution >= 0.6 is 0 Å². The summed E-state index contributed by atoms with van der Waals surface area (Å²) in [6.07, 6.45) is 4.81. The highest BCUT2D eigenvalue weighted by molar-refractivity contribution is 5.21. The zero-order valence-corrected chi connectivity index (χ0v) is 13.0. The lowest BCUT2D eigenvalue weighted by atomic mass is 9.83. The second-order valence-electron chi connectivity index (χ2n) is 6.03. The van der Waals surface area contributed by atoms with E-state index in [4.69, 9.17) is 5.73 Å². The van der Waals surface area contributed by atoms with Gasteiger partial charge in [0.1, 0.15) is 11.6 Å². The van der Waals surface area contributed by atoms with E-state index in [1.54, 1.807) is 0 Å². The van der Waals surface area contributed by atoms with Gasteiger partial charge in [-0.3, -0.25) is 4.90 Å². The summed E-state index contributed by atoms with van der Waals surface area (Å²) in [6.45, 7) is 6.16. The summed E-state index contributed by atoms with van der Waals surface area (Å²) in [6, 6.07) is 3.45. The predicted molar refractivity (Wildman–Crippen MR) is 82.2 cm³/mol. The van der Waals surface area contributed by atoms with Crippen molar-refractivity contribution in [1.82, 2.24) is 4.90 Å². The van der Waals surface area contributed by atoms with Gasteiger partial charge in [0.15, 0.2) is 0 Å². The number of benzene rings is 1. The fraction of sp³-hybridized carbons (Fsp3) is 0.647.